The van der Waals surface area contributed by atoms with E-state index in [1.807, 2.05) is 0 Å². The van der Waals surface area contributed by atoms with Crippen molar-refractivity contribution in [1.82, 2.24) is 0 Å². The molecular formula is C8H14CaO6S2. The van der Waals surface area contributed by atoms with E-state index in [0.29, 0.717) is 23.7 Å². The van der Waals surface area contributed by atoms with E-state index in [0.717, 1.165) is 0 Å². The molecule has 96 valence electrons. The second-order valence-electron chi connectivity index (χ2n) is 2.55. The van der Waals surface area contributed by atoms with Crippen LogP contribution in [0.25, 0.3) is 0 Å². The van der Waals surface area contributed by atoms with Crippen LogP contribution in [0, 0.1) is 0 Å². The Kier molecular flexibility index (Phi) is 15.6. The van der Waals surface area contributed by atoms with Crippen molar-refractivity contribution in [1.29, 1.82) is 0 Å². The van der Waals surface area contributed by atoms with Gasteiger partial charge in [0.05, 0.1) is 0 Å². The normalized spacial score (nSPS) is 12.0. The number of hydrogen-bond acceptors (Lipinski definition) is 6. The molecule has 0 radical (unpaired) electrons. The summed E-state index contributed by atoms with van der Waals surface area (Å²) < 4.78 is 58.5. The molecule has 0 unspecified atom stereocenters. The van der Waals surface area contributed by atoms with Gasteiger partial charge >= 0.3 is 37.7 Å². The average Bonchev–Trinajstić information content (AvgIpc) is 2.10. The van der Waals surface area contributed by atoms with Crippen molar-refractivity contribution < 1.29 is 25.9 Å². The third kappa shape index (κ3) is 31.5. The molecule has 0 fully saturated rings. The van der Waals surface area contributed by atoms with Crippen LogP contribution in [0.1, 0.15) is 26.7 Å². The average molecular weight is 310 g/mol. The van der Waals surface area contributed by atoms with Crippen LogP contribution in [-0.4, -0.2) is 63.7 Å². The summed E-state index contributed by atoms with van der Waals surface area (Å²) >= 11 is 0. The van der Waals surface area contributed by atoms with Crippen molar-refractivity contribution in [3.8, 4) is 0 Å². The van der Waals surface area contributed by atoms with E-state index in [1.54, 1.807) is 13.8 Å². The first-order valence-corrected chi connectivity index (χ1v) is 7.31. The first kappa shape index (κ1) is 22.7. The SMILES string of the molecule is CC/C=C/S(=O)(=O)[O-].CC/C=C/S(=O)(=O)[O-].[Ca+2]. The van der Waals surface area contributed by atoms with E-state index in [2.05, 4.69) is 0 Å². The van der Waals surface area contributed by atoms with E-state index in [1.165, 1.54) is 12.2 Å². The molecule has 0 atom stereocenters. The van der Waals surface area contributed by atoms with Gasteiger partial charge in [-0.3, -0.25) is 0 Å². The first-order chi connectivity index (χ1) is 7.12. The van der Waals surface area contributed by atoms with Crippen LogP contribution in [0.5, 0.6) is 0 Å². The quantitative estimate of drug-likeness (QED) is 0.552. The molecule has 0 aliphatic rings. The summed E-state index contributed by atoms with van der Waals surface area (Å²) in [5.74, 6) is 0. The maximum Gasteiger partial charge on any atom is 2.00 e. The second-order valence-corrected chi connectivity index (χ2v) is 5.06. The van der Waals surface area contributed by atoms with Gasteiger partial charge in [0.15, 0.2) is 0 Å². The Morgan fingerprint density at radius 1 is 0.824 bits per heavy atom. The van der Waals surface area contributed by atoms with Crippen LogP contribution in [0.4, 0.5) is 0 Å². The summed E-state index contributed by atoms with van der Waals surface area (Å²) in [4.78, 5) is 0. The molecule has 17 heavy (non-hydrogen) atoms. The van der Waals surface area contributed by atoms with Crippen molar-refractivity contribution in [2.45, 2.75) is 26.7 Å². The Morgan fingerprint density at radius 3 is 1.12 bits per heavy atom. The molecule has 0 amide bonds. The Bertz CT molecular complexity index is 379. The van der Waals surface area contributed by atoms with Gasteiger partial charge in [-0.1, -0.05) is 26.0 Å². The van der Waals surface area contributed by atoms with E-state index in [9.17, 15) is 25.9 Å². The van der Waals surface area contributed by atoms with Crippen molar-refractivity contribution >= 4 is 58.0 Å². The minimum atomic E-state index is -4.12. The molecule has 0 saturated carbocycles. The molecule has 0 saturated heterocycles. The molecule has 6 nitrogen and oxygen atoms in total. The summed E-state index contributed by atoms with van der Waals surface area (Å²) in [5, 5.41) is 1.32. The molecular weight excluding hydrogens is 296 g/mol. The van der Waals surface area contributed by atoms with Gasteiger partial charge in [0.2, 0.25) is 0 Å². The third-order valence-electron chi connectivity index (χ3n) is 0.997. The Hall–Kier alpha value is 0.560. The fraction of sp³-hybridized carbons (Fsp3) is 0.500. The smallest absolute Gasteiger partial charge is 0.744 e. The maximum absolute atomic E-state index is 9.75. The minimum Gasteiger partial charge on any atom is -0.744 e. The molecule has 0 aromatic heterocycles. The fourth-order valence-corrected chi connectivity index (χ4v) is 1.28. The van der Waals surface area contributed by atoms with Gasteiger partial charge in [-0.25, -0.2) is 16.8 Å². The summed E-state index contributed by atoms with van der Waals surface area (Å²) in [7, 11) is -8.23. The van der Waals surface area contributed by atoms with Gasteiger partial charge in [-0.2, -0.15) is 0 Å². The standard InChI is InChI=1S/2C4H8O3S.Ca/c2*1-2-3-4-8(5,6)7;/h2*3-4H,2H2,1H3,(H,5,6,7);/q;;+2/p-2/b2*4-3+;. The summed E-state index contributed by atoms with van der Waals surface area (Å²) in [5.41, 5.74) is 0. The molecule has 0 bridgehead atoms. The second kappa shape index (κ2) is 11.6. The van der Waals surface area contributed by atoms with Crippen LogP contribution in [0.15, 0.2) is 23.0 Å². The van der Waals surface area contributed by atoms with E-state index in [-0.39, 0.29) is 37.7 Å². The van der Waals surface area contributed by atoms with Gasteiger partial charge in [-0.15, -0.1) is 0 Å². The predicted octanol–water partition coefficient (Wildman–Crippen LogP) is 0.530. The van der Waals surface area contributed by atoms with Crippen molar-refractivity contribution in [3.63, 3.8) is 0 Å². The summed E-state index contributed by atoms with van der Waals surface area (Å²) in [6.45, 7) is 3.50. The number of rotatable bonds is 4. The fourth-order valence-electron chi connectivity index (χ4n) is 0.428. The van der Waals surface area contributed by atoms with Gasteiger partial charge in [-0.05, 0) is 12.8 Å². The largest absolute Gasteiger partial charge is 2.00 e. The summed E-state index contributed by atoms with van der Waals surface area (Å²) in [6, 6.07) is 0. The predicted molar refractivity (Wildman–Crippen MR) is 64.0 cm³/mol. The summed E-state index contributed by atoms with van der Waals surface area (Å²) in [6.07, 6.45) is 3.76. The Labute approximate surface area is 132 Å². The zero-order chi connectivity index (χ0) is 13.2. The monoisotopic (exact) mass is 310 g/mol. The van der Waals surface area contributed by atoms with Crippen LogP contribution in [0.2, 0.25) is 0 Å². The van der Waals surface area contributed by atoms with Crippen LogP contribution < -0.4 is 0 Å². The van der Waals surface area contributed by atoms with Crippen LogP contribution >= 0.6 is 0 Å². The van der Waals surface area contributed by atoms with Gasteiger partial charge in [0, 0.05) is 10.8 Å². The van der Waals surface area contributed by atoms with Gasteiger partial charge in [0.1, 0.15) is 20.2 Å². The van der Waals surface area contributed by atoms with Crippen molar-refractivity contribution in [3.05, 3.63) is 23.0 Å². The zero-order valence-corrected chi connectivity index (χ0v) is 13.5. The number of hydrogen-bond donors (Lipinski definition) is 0. The van der Waals surface area contributed by atoms with Gasteiger partial charge in [0.25, 0.3) is 0 Å². The van der Waals surface area contributed by atoms with E-state index in [4.69, 9.17) is 0 Å². The molecule has 0 N–H and O–H groups in total. The molecule has 0 heterocycles. The molecule has 0 aliphatic heterocycles. The zero-order valence-electron chi connectivity index (χ0n) is 9.70. The van der Waals surface area contributed by atoms with E-state index >= 15 is 0 Å². The van der Waals surface area contributed by atoms with Gasteiger partial charge < -0.3 is 9.11 Å². The van der Waals surface area contributed by atoms with Crippen molar-refractivity contribution in [2.24, 2.45) is 0 Å². The topological polar surface area (TPSA) is 114 Å². The number of allylic oxidation sites excluding steroid dienone is 2. The molecule has 0 aromatic carbocycles. The molecule has 0 spiro atoms. The molecule has 0 rings (SSSR count). The Balaban J connectivity index is -0.000000218. The van der Waals surface area contributed by atoms with E-state index < -0.39 is 20.2 Å². The maximum atomic E-state index is 9.75. The Morgan fingerprint density at radius 2 is 1.06 bits per heavy atom. The molecule has 0 aliphatic carbocycles. The first-order valence-electron chi connectivity index (χ1n) is 4.37. The minimum absolute atomic E-state index is 0. The molecule has 9 heteroatoms. The van der Waals surface area contributed by atoms with Crippen LogP contribution in [0.3, 0.4) is 0 Å². The third-order valence-corrected chi connectivity index (χ3v) is 2.05. The van der Waals surface area contributed by atoms with Crippen LogP contribution in [-0.2, 0) is 20.2 Å². The van der Waals surface area contributed by atoms with Crippen molar-refractivity contribution in [2.75, 3.05) is 0 Å². The molecule has 0 aromatic rings.